The lowest BCUT2D eigenvalue weighted by atomic mass is 10.1. The zero-order valence-corrected chi connectivity index (χ0v) is 8.50. The van der Waals surface area contributed by atoms with Gasteiger partial charge in [-0.2, -0.15) is 13.2 Å². The first-order valence-corrected chi connectivity index (χ1v) is 4.42. The Bertz CT molecular complexity index is 472. The molecule has 0 atom stereocenters. The molecule has 0 saturated carbocycles. The fourth-order valence-corrected chi connectivity index (χ4v) is 1.28. The van der Waals surface area contributed by atoms with Crippen molar-refractivity contribution in [3.05, 3.63) is 23.0 Å². The van der Waals surface area contributed by atoms with Gasteiger partial charge in [0.15, 0.2) is 0 Å². The number of aromatic hydroxyl groups is 1. The van der Waals surface area contributed by atoms with Crippen LogP contribution in [0.2, 0.25) is 0 Å². The summed E-state index contributed by atoms with van der Waals surface area (Å²) >= 11 is 0. The van der Waals surface area contributed by atoms with E-state index in [-0.39, 0.29) is 6.20 Å². The highest BCUT2D eigenvalue weighted by molar-refractivity contribution is 5.71. The normalized spacial score (nSPS) is 11.9. The molecule has 1 heterocycles. The van der Waals surface area contributed by atoms with Crippen molar-refractivity contribution in [2.45, 2.75) is 19.0 Å². The first-order chi connectivity index (χ1) is 8.14. The highest BCUT2D eigenvalue weighted by atomic mass is 19.4. The van der Waals surface area contributed by atoms with Crippen LogP contribution in [-0.4, -0.2) is 21.2 Å². The summed E-state index contributed by atoms with van der Waals surface area (Å²) in [5.74, 6) is -2.96. The number of aliphatic carboxylic acids is 1. The Hall–Kier alpha value is -1.93. The third-order valence-corrected chi connectivity index (χ3v) is 2.01. The van der Waals surface area contributed by atoms with Crippen LogP contribution in [0, 0.1) is 0 Å². The van der Waals surface area contributed by atoms with E-state index in [9.17, 15) is 31.9 Å². The van der Waals surface area contributed by atoms with Gasteiger partial charge in [-0.15, -0.1) is 0 Å². The molecule has 0 aliphatic carbocycles. The number of nitrogens with zero attached hydrogens (tertiary/aromatic N) is 1. The maximum Gasteiger partial charge on any atom is 0.418 e. The van der Waals surface area contributed by atoms with Crippen molar-refractivity contribution in [3.63, 3.8) is 0 Å². The van der Waals surface area contributed by atoms with Crippen molar-refractivity contribution >= 4 is 5.97 Å². The molecule has 0 fully saturated rings. The van der Waals surface area contributed by atoms with Crippen molar-refractivity contribution in [3.8, 4) is 5.75 Å². The molecule has 0 spiro atoms. The van der Waals surface area contributed by atoms with E-state index in [0.29, 0.717) is 0 Å². The number of alkyl halides is 5. The molecular formula is C9H6F5NO3. The Morgan fingerprint density at radius 1 is 1.39 bits per heavy atom. The maximum atomic E-state index is 12.5. The maximum absolute atomic E-state index is 12.5. The van der Waals surface area contributed by atoms with Gasteiger partial charge >= 0.3 is 12.1 Å². The van der Waals surface area contributed by atoms with Crippen molar-refractivity contribution < 1.29 is 37.0 Å². The van der Waals surface area contributed by atoms with Crippen LogP contribution in [0.1, 0.15) is 23.2 Å². The van der Waals surface area contributed by atoms with Crippen molar-refractivity contribution in [1.82, 2.24) is 4.98 Å². The molecule has 2 N–H and O–H groups in total. The lowest BCUT2D eigenvalue weighted by Crippen LogP contribution is -2.13. The number of carboxylic acid groups (broad SMARTS) is 1. The van der Waals surface area contributed by atoms with Crippen LogP contribution in [0.25, 0.3) is 0 Å². The molecule has 9 heteroatoms. The van der Waals surface area contributed by atoms with E-state index in [4.69, 9.17) is 5.11 Å². The number of carbonyl (C=O) groups is 1. The van der Waals surface area contributed by atoms with Crippen molar-refractivity contribution in [2.75, 3.05) is 0 Å². The average Bonchev–Trinajstić information content (AvgIpc) is 2.17. The molecular weight excluding hydrogens is 265 g/mol. The van der Waals surface area contributed by atoms with Gasteiger partial charge in [0.2, 0.25) is 0 Å². The van der Waals surface area contributed by atoms with E-state index in [1.54, 1.807) is 0 Å². The number of halogens is 5. The van der Waals surface area contributed by atoms with Gasteiger partial charge < -0.3 is 10.2 Å². The topological polar surface area (TPSA) is 70.4 Å². The molecule has 100 valence electrons. The minimum absolute atomic E-state index is 0.0828. The highest BCUT2D eigenvalue weighted by Gasteiger charge is 2.38. The zero-order valence-electron chi connectivity index (χ0n) is 8.50. The monoisotopic (exact) mass is 271 g/mol. The van der Waals surface area contributed by atoms with E-state index in [2.05, 4.69) is 4.98 Å². The Kier molecular flexibility index (Phi) is 3.73. The first-order valence-electron chi connectivity index (χ1n) is 4.42. The summed E-state index contributed by atoms with van der Waals surface area (Å²) in [6, 6.07) is 0. The van der Waals surface area contributed by atoms with Gasteiger partial charge in [0, 0.05) is 6.20 Å². The lowest BCUT2D eigenvalue weighted by molar-refractivity contribution is -0.140. The number of carboxylic acids is 1. The summed E-state index contributed by atoms with van der Waals surface area (Å²) < 4.78 is 62.1. The summed E-state index contributed by atoms with van der Waals surface area (Å²) in [7, 11) is 0. The van der Waals surface area contributed by atoms with Gasteiger partial charge in [-0.25, -0.2) is 8.78 Å². The van der Waals surface area contributed by atoms with E-state index in [1.807, 2.05) is 0 Å². The van der Waals surface area contributed by atoms with Gasteiger partial charge in [0.25, 0.3) is 6.43 Å². The molecule has 18 heavy (non-hydrogen) atoms. The fraction of sp³-hybridized carbons (Fsp3) is 0.333. The Morgan fingerprint density at radius 2 is 1.94 bits per heavy atom. The van der Waals surface area contributed by atoms with Crippen molar-refractivity contribution in [2.24, 2.45) is 0 Å². The molecule has 4 nitrogen and oxygen atoms in total. The van der Waals surface area contributed by atoms with E-state index >= 15 is 0 Å². The standard InChI is InChI=1S/C9H6F5NO3/c10-8(11)6-3(9(12,13)14)2-15-4(7(6)18)1-5(16)17/h2,8,18H,1H2,(H,16,17). The molecule has 1 aromatic heterocycles. The summed E-state index contributed by atoms with van der Waals surface area (Å²) in [6.07, 6.45) is -9.58. The van der Waals surface area contributed by atoms with Crippen LogP contribution in [0.3, 0.4) is 0 Å². The molecule has 0 aliphatic rings. The van der Waals surface area contributed by atoms with Crippen LogP contribution < -0.4 is 0 Å². The minimum Gasteiger partial charge on any atom is -0.505 e. The van der Waals surface area contributed by atoms with Crippen LogP contribution in [0.5, 0.6) is 5.75 Å². The molecule has 0 amide bonds. The van der Waals surface area contributed by atoms with Gasteiger partial charge in [-0.1, -0.05) is 0 Å². The molecule has 0 aliphatic heterocycles. The van der Waals surface area contributed by atoms with Gasteiger partial charge in [-0.05, 0) is 0 Å². The molecule has 1 rings (SSSR count). The summed E-state index contributed by atoms with van der Waals surface area (Å²) in [5.41, 5.74) is -4.19. The number of aromatic nitrogens is 1. The fourth-order valence-electron chi connectivity index (χ4n) is 1.28. The first kappa shape index (κ1) is 14.1. The van der Waals surface area contributed by atoms with Crippen LogP contribution >= 0.6 is 0 Å². The third-order valence-electron chi connectivity index (χ3n) is 2.01. The predicted octanol–water partition coefficient (Wildman–Crippen LogP) is 2.37. The smallest absolute Gasteiger partial charge is 0.418 e. The second-order valence-electron chi connectivity index (χ2n) is 3.25. The van der Waals surface area contributed by atoms with Gasteiger partial charge in [-0.3, -0.25) is 9.78 Å². The molecule has 0 saturated heterocycles. The quantitative estimate of drug-likeness (QED) is 0.828. The predicted molar refractivity (Wildman–Crippen MR) is 47.2 cm³/mol. The Morgan fingerprint density at radius 3 is 2.33 bits per heavy atom. The SMILES string of the molecule is O=C(O)Cc1ncc(C(F)(F)F)c(C(F)F)c1O. The molecule has 0 bridgehead atoms. The summed E-state index contributed by atoms with van der Waals surface area (Å²) in [4.78, 5) is 13.4. The number of pyridine rings is 1. The van der Waals surface area contributed by atoms with Gasteiger partial charge in [0.1, 0.15) is 5.75 Å². The van der Waals surface area contributed by atoms with E-state index in [1.165, 1.54) is 0 Å². The lowest BCUT2D eigenvalue weighted by Gasteiger charge is -2.14. The highest BCUT2D eigenvalue weighted by Crippen LogP contribution is 2.41. The zero-order chi connectivity index (χ0) is 14.1. The Labute approximate surface area is 96.7 Å². The average molecular weight is 271 g/mol. The minimum atomic E-state index is -5.11. The van der Waals surface area contributed by atoms with Gasteiger partial charge in [0.05, 0.1) is 23.2 Å². The summed E-state index contributed by atoms with van der Waals surface area (Å²) in [5, 5.41) is 17.6. The van der Waals surface area contributed by atoms with Crippen LogP contribution in [0.4, 0.5) is 22.0 Å². The second kappa shape index (κ2) is 4.75. The largest absolute Gasteiger partial charge is 0.505 e. The molecule has 1 aromatic rings. The second-order valence-corrected chi connectivity index (χ2v) is 3.25. The summed E-state index contributed by atoms with van der Waals surface area (Å²) in [6.45, 7) is 0. The third kappa shape index (κ3) is 2.84. The van der Waals surface area contributed by atoms with Crippen LogP contribution in [0.15, 0.2) is 6.20 Å². The van der Waals surface area contributed by atoms with E-state index in [0.717, 1.165) is 0 Å². The Balaban J connectivity index is 3.42. The number of hydrogen-bond acceptors (Lipinski definition) is 3. The molecule has 0 aromatic carbocycles. The van der Waals surface area contributed by atoms with Crippen molar-refractivity contribution in [1.29, 1.82) is 0 Å². The van der Waals surface area contributed by atoms with E-state index < -0.39 is 47.6 Å². The number of hydrogen-bond donors (Lipinski definition) is 2. The van der Waals surface area contributed by atoms with Crippen LogP contribution in [-0.2, 0) is 17.4 Å². The molecule has 0 radical (unpaired) electrons. The molecule has 0 unspecified atom stereocenters. The number of rotatable bonds is 3.